The SMILES string of the molecule is CCCC(CCO)CNC(=NCc1nnc(C)n1C)NCCCN1CCOCC1.I. The summed E-state index contributed by atoms with van der Waals surface area (Å²) in [4.78, 5) is 7.16. The fraction of sp³-hybridized carbons (Fsp3) is 0.850. The molecule has 1 aliphatic heterocycles. The van der Waals surface area contributed by atoms with Gasteiger partial charge in [0.05, 0.1) is 13.2 Å². The minimum absolute atomic E-state index is 0. The Kier molecular flexibility index (Phi) is 14.2. The highest BCUT2D eigenvalue weighted by Crippen LogP contribution is 2.09. The van der Waals surface area contributed by atoms with Crippen molar-refractivity contribution in [2.75, 3.05) is 52.5 Å². The quantitative estimate of drug-likeness (QED) is 0.160. The van der Waals surface area contributed by atoms with E-state index in [-0.39, 0.29) is 30.6 Å². The number of ether oxygens (including phenoxy) is 1. The third-order valence-electron chi connectivity index (χ3n) is 5.40. The molecule has 1 aliphatic rings. The monoisotopic (exact) mass is 537 g/mol. The van der Waals surface area contributed by atoms with Gasteiger partial charge in [-0.3, -0.25) is 4.90 Å². The molecule has 0 amide bonds. The first-order chi connectivity index (χ1) is 14.1. The molecular weight excluding hydrogens is 497 g/mol. The Balaban J connectivity index is 0.00000450. The number of aliphatic hydroxyl groups excluding tert-OH is 1. The summed E-state index contributed by atoms with van der Waals surface area (Å²) in [6, 6.07) is 0. The van der Waals surface area contributed by atoms with Crippen LogP contribution in [0.25, 0.3) is 0 Å². The van der Waals surface area contributed by atoms with Crippen LogP contribution in [0.3, 0.4) is 0 Å². The zero-order chi connectivity index (χ0) is 20.9. The number of morpholine rings is 1. The van der Waals surface area contributed by atoms with E-state index in [4.69, 9.17) is 9.73 Å². The summed E-state index contributed by atoms with van der Waals surface area (Å²) in [7, 11) is 1.96. The number of rotatable bonds is 12. The minimum Gasteiger partial charge on any atom is -0.396 e. The maximum absolute atomic E-state index is 9.31. The lowest BCUT2D eigenvalue weighted by Gasteiger charge is -2.26. The Morgan fingerprint density at radius 2 is 2.00 bits per heavy atom. The van der Waals surface area contributed by atoms with Crippen molar-refractivity contribution >= 4 is 29.9 Å². The third-order valence-corrected chi connectivity index (χ3v) is 5.40. The predicted octanol–water partition coefficient (Wildman–Crippen LogP) is 1.30. The van der Waals surface area contributed by atoms with Crippen LogP contribution in [0.1, 0.15) is 44.3 Å². The zero-order valence-electron chi connectivity index (χ0n) is 18.8. The summed E-state index contributed by atoms with van der Waals surface area (Å²) < 4.78 is 7.37. The number of aromatic nitrogens is 3. The number of aliphatic hydroxyl groups is 1. The molecule has 0 aromatic carbocycles. The molecule has 0 bridgehead atoms. The van der Waals surface area contributed by atoms with Crippen molar-refractivity contribution in [3.05, 3.63) is 11.6 Å². The lowest BCUT2D eigenvalue weighted by atomic mass is 10.0. The maximum Gasteiger partial charge on any atom is 0.191 e. The van der Waals surface area contributed by atoms with E-state index in [0.29, 0.717) is 12.5 Å². The Morgan fingerprint density at radius 3 is 2.63 bits per heavy atom. The van der Waals surface area contributed by atoms with Crippen LogP contribution in [0.4, 0.5) is 0 Å². The van der Waals surface area contributed by atoms with Gasteiger partial charge in [-0.05, 0) is 38.6 Å². The van der Waals surface area contributed by atoms with Crippen molar-refractivity contribution in [3.63, 3.8) is 0 Å². The van der Waals surface area contributed by atoms with Crippen LogP contribution in [0, 0.1) is 12.8 Å². The van der Waals surface area contributed by atoms with Gasteiger partial charge in [-0.1, -0.05) is 13.3 Å². The van der Waals surface area contributed by atoms with Gasteiger partial charge in [0, 0.05) is 39.8 Å². The fourth-order valence-corrected chi connectivity index (χ4v) is 3.43. The number of aliphatic imine (C=N–C) groups is 1. The first-order valence-electron chi connectivity index (χ1n) is 10.9. The first kappa shape index (κ1) is 27.1. The molecule has 2 rings (SSSR count). The first-order valence-corrected chi connectivity index (χ1v) is 10.9. The summed E-state index contributed by atoms with van der Waals surface area (Å²) in [5.74, 6) is 2.97. The van der Waals surface area contributed by atoms with E-state index in [1.54, 1.807) is 0 Å². The average Bonchev–Trinajstić information content (AvgIpc) is 3.05. The van der Waals surface area contributed by atoms with Crippen LogP contribution < -0.4 is 10.6 Å². The standard InChI is InChI=1S/C20H39N7O2.HI/c1-4-6-18(7-12-28)15-22-20(23-16-19-25-24-17(2)26(19)3)21-8-5-9-27-10-13-29-14-11-27;/h18,28H,4-16H2,1-3H3,(H2,21,22,23);1H. The smallest absolute Gasteiger partial charge is 0.191 e. The van der Waals surface area contributed by atoms with Gasteiger partial charge >= 0.3 is 0 Å². The van der Waals surface area contributed by atoms with Crippen LogP contribution >= 0.6 is 24.0 Å². The van der Waals surface area contributed by atoms with E-state index in [1.807, 2.05) is 18.5 Å². The lowest BCUT2D eigenvalue weighted by Crippen LogP contribution is -2.42. The van der Waals surface area contributed by atoms with Gasteiger partial charge in [-0.15, -0.1) is 34.2 Å². The van der Waals surface area contributed by atoms with E-state index in [1.165, 1.54) is 0 Å². The average molecular weight is 537 g/mol. The summed E-state index contributed by atoms with van der Waals surface area (Å²) >= 11 is 0. The van der Waals surface area contributed by atoms with Crippen LogP contribution in [-0.4, -0.2) is 83.3 Å². The molecule has 174 valence electrons. The number of guanidine groups is 1. The third kappa shape index (κ3) is 9.88. The lowest BCUT2D eigenvalue weighted by molar-refractivity contribution is 0.0376. The van der Waals surface area contributed by atoms with Gasteiger partial charge in [-0.2, -0.15) is 0 Å². The molecule has 1 atom stereocenters. The topological polar surface area (TPSA) is 99.8 Å². The van der Waals surface area contributed by atoms with Gasteiger partial charge in [0.1, 0.15) is 12.4 Å². The highest BCUT2D eigenvalue weighted by Gasteiger charge is 2.11. The van der Waals surface area contributed by atoms with Crippen molar-refractivity contribution in [3.8, 4) is 0 Å². The molecule has 0 aliphatic carbocycles. The van der Waals surface area contributed by atoms with Crippen molar-refractivity contribution in [2.24, 2.45) is 18.0 Å². The fourth-order valence-electron chi connectivity index (χ4n) is 3.43. The molecule has 1 saturated heterocycles. The summed E-state index contributed by atoms with van der Waals surface area (Å²) in [5, 5.41) is 24.5. The summed E-state index contributed by atoms with van der Waals surface area (Å²) in [6.45, 7) is 11.3. The van der Waals surface area contributed by atoms with Crippen LogP contribution in [0.5, 0.6) is 0 Å². The van der Waals surface area contributed by atoms with Crippen molar-refractivity contribution in [2.45, 2.75) is 46.1 Å². The molecule has 1 unspecified atom stereocenters. The Bertz CT molecular complexity index is 600. The predicted molar refractivity (Wildman–Crippen MR) is 130 cm³/mol. The zero-order valence-corrected chi connectivity index (χ0v) is 21.1. The largest absolute Gasteiger partial charge is 0.396 e. The van der Waals surface area contributed by atoms with Crippen molar-refractivity contribution in [1.29, 1.82) is 0 Å². The van der Waals surface area contributed by atoms with Crippen LogP contribution in [0.15, 0.2) is 4.99 Å². The van der Waals surface area contributed by atoms with Crippen molar-refractivity contribution < 1.29 is 9.84 Å². The maximum atomic E-state index is 9.31. The molecule has 1 aromatic rings. The van der Waals surface area contributed by atoms with E-state index < -0.39 is 0 Å². The molecule has 30 heavy (non-hydrogen) atoms. The number of nitrogens with one attached hydrogen (secondary N) is 2. The molecule has 10 heteroatoms. The summed E-state index contributed by atoms with van der Waals surface area (Å²) in [6.07, 6.45) is 4.08. The molecule has 9 nitrogen and oxygen atoms in total. The second kappa shape index (κ2) is 15.8. The molecule has 0 radical (unpaired) electrons. The van der Waals surface area contributed by atoms with Crippen molar-refractivity contribution in [1.82, 2.24) is 30.3 Å². The van der Waals surface area contributed by atoms with E-state index in [9.17, 15) is 5.11 Å². The van der Waals surface area contributed by atoms with Gasteiger partial charge in [0.2, 0.25) is 0 Å². The normalized spacial score (nSPS) is 16.2. The van der Waals surface area contributed by atoms with Gasteiger partial charge in [-0.25, -0.2) is 4.99 Å². The minimum atomic E-state index is 0. The van der Waals surface area contributed by atoms with E-state index in [0.717, 1.165) is 89.2 Å². The molecule has 1 aromatic heterocycles. The highest BCUT2D eigenvalue weighted by atomic mass is 127. The van der Waals surface area contributed by atoms with Gasteiger partial charge in [0.15, 0.2) is 11.8 Å². The molecule has 0 saturated carbocycles. The molecular formula is C20H40IN7O2. The van der Waals surface area contributed by atoms with E-state index >= 15 is 0 Å². The molecule has 0 spiro atoms. The number of hydrogen-bond acceptors (Lipinski definition) is 6. The summed E-state index contributed by atoms with van der Waals surface area (Å²) in [5.41, 5.74) is 0. The Hall–Kier alpha value is -0.980. The number of aryl methyl sites for hydroxylation is 1. The molecule has 1 fully saturated rings. The second-order valence-electron chi connectivity index (χ2n) is 7.67. The highest BCUT2D eigenvalue weighted by molar-refractivity contribution is 14.0. The van der Waals surface area contributed by atoms with E-state index in [2.05, 4.69) is 32.7 Å². The Labute approximate surface area is 198 Å². The number of nitrogens with zero attached hydrogens (tertiary/aromatic N) is 5. The van der Waals surface area contributed by atoms with Crippen LogP contribution in [-0.2, 0) is 18.3 Å². The molecule has 2 heterocycles. The Morgan fingerprint density at radius 1 is 1.23 bits per heavy atom. The van der Waals surface area contributed by atoms with Gasteiger partial charge in [0.25, 0.3) is 0 Å². The number of halogens is 1. The van der Waals surface area contributed by atoms with Gasteiger partial charge < -0.3 is 25.0 Å². The molecule has 3 N–H and O–H groups in total. The number of hydrogen-bond donors (Lipinski definition) is 3. The second-order valence-corrected chi connectivity index (χ2v) is 7.67. The van der Waals surface area contributed by atoms with Crippen LogP contribution in [0.2, 0.25) is 0 Å².